The van der Waals surface area contributed by atoms with Crippen molar-refractivity contribution in [3.05, 3.63) is 120 Å². The fraction of sp³-hybridized carbons (Fsp3) is 0.410. The van der Waals surface area contributed by atoms with Crippen LogP contribution in [0, 0.1) is 0 Å². The Hall–Kier alpha value is -10.7. The van der Waals surface area contributed by atoms with Gasteiger partial charge in [0, 0.05) is 81.1 Å². The van der Waals surface area contributed by atoms with Crippen molar-refractivity contribution >= 4 is 99.6 Å². The number of aromatic amines is 2. The van der Waals surface area contributed by atoms with Gasteiger partial charge in [-0.25, -0.2) is 4.98 Å². The number of aromatic hydroxyl groups is 1. The lowest BCUT2D eigenvalue weighted by Crippen LogP contribution is -2.61. The number of phenols is 1. The molecule has 8 atom stereocenters. The third-order valence-electron chi connectivity index (χ3n) is 14.4. The largest absolute Gasteiger partial charge is 0.508 e. The van der Waals surface area contributed by atoms with Crippen LogP contribution in [0.2, 0.25) is 0 Å². The lowest BCUT2D eigenvalue weighted by molar-refractivity contribution is -0.138. The van der Waals surface area contributed by atoms with E-state index in [2.05, 4.69) is 72.8 Å². The zero-order valence-corrected chi connectivity index (χ0v) is 52.8. The Morgan fingerprint density at radius 3 is 1.48 bits per heavy atom. The van der Waals surface area contributed by atoms with E-state index in [9.17, 15) is 63.0 Å². The molecular formula is C61H83N19O13S. The molecule has 0 unspecified atom stereocenters. The Balaban J connectivity index is 1.43. The Morgan fingerprint density at radius 2 is 0.989 bits per heavy atom. The molecule has 0 radical (unpaired) electrons. The summed E-state index contributed by atoms with van der Waals surface area (Å²) in [5.74, 6) is -10.2. The molecule has 0 aliphatic rings. The predicted molar refractivity (Wildman–Crippen MR) is 349 cm³/mol. The number of imidazole rings is 1. The van der Waals surface area contributed by atoms with Crippen molar-refractivity contribution in [1.29, 1.82) is 0 Å². The van der Waals surface area contributed by atoms with Crippen LogP contribution >= 0.6 is 11.8 Å². The van der Waals surface area contributed by atoms with E-state index in [1.165, 1.54) is 43.3 Å². The van der Waals surface area contributed by atoms with Crippen molar-refractivity contribution in [1.82, 2.24) is 62.8 Å². The molecule has 0 saturated heterocycles. The van der Waals surface area contributed by atoms with E-state index in [-0.39, 0.29) is 94.3 Å². The Labute approximate surface area is 545 Å². The lowest BCUT2D eigenvalue weighted by atomic mass is 10.0. The molecule has 0 aliphatic carbocycles. The van der Waals surface area contributed by atoms with Gasteiger partial charge in [0.15, 0.2) is 11.9 Å². The molecule has 5 aromatic rings. The molecule has 94 heavy (non-hydrogen) atoms. The third kappa shape index (κ3) is 25.9. The summed E-state index contributed by atoms with van der Waals surface area (Å²) in [7, 11) is 0. The monoisotopic (exact) mass is 1320 g/mol. The number of para-hydroxylation sites is 1. The van der Waals surface area contributed by atoms with Gasteiger partial charge in [-0.3, -0.25) is 62.7 Å². The highest BCUT2D eigenvalue weighted by Crippen LogP contribution is 2.20. The summed E-state index contributed by atoms with van der Waals surface area (Å²) in [5, 5.41) is 44.0. The van der Waals surface area contributed by atoms with Crippen molar-refractivity contribution in [3.63, 3.8) is 0 Å². The second kappa shape index (κ2) is 38.2. The van der Waals surface area contributed by atoms with Gasteiger partial charge in [0.05, 0.1) is 12.9 Å². The molecule has 0 aliphatic heterocycles. The number of fused-ring (bicyclic) bond motifs is 1. The van der Waals surface area contributed by atoms with E-state index in [0.717, 1.165) is 10.9 Å². The fourth-order valence-corrected chi connectivity index (χ4v) is 10.2. The van der Waals surface area contributed by atoms with E-state index in [1.54, 1.807) is 61.0 Å². The molecule has 32 nitrogen and oxygen atoms in total. The number of phenolic OH excluding ortho intramolecular Hbond substituents is 1. The number of H-pyrrole nitrogens is 2. The van der Waals surface area contributed by atoms with Crippen LogP contribution in [0.1, 0.15) is 74.3 Å². The Morgan fingerprint density at radius 1 is 0.532 bits per heavy atom. The van der Waals surface area contributed by atoms with E-state index in [1.807, 2.05) is 18.2 Å². The molecular weight excluding hydrogens is 1240 g/mol. The lowest BCUT2D eigenvalue weighted by Gasteiger charge is -2.28. The van der Waals surface area contributed by atoms with E-state index >= 15 is 0 Å². The summed E-state index contributed by atoms with van der Waals surface area (Å²) < 4.78 is 0. The molecule has 3 aromatic carbocycles. The number of carbonyl (C=O) groups excluding carboxylic acids is 10. The summed E-state index contributed by atoms with van der Waals surface area (Å²) >= 11 is 1.31. The maximum Gasteiger partial charge on any atom is 0.303 e. The molecule has 2 aromatic heterocycles. The number of amides is 10. The number of hydrogen-bond donors (Lipinski definition) is 18. The highest BCUT2D eigenvalue weighted by Gasteiger charge is 2.36. The Kier molecular flexibility index (Phi) is 30.1. The van der Waals surface area contributed by atoms with E-state index in [0.29, 0.717) is 22.4 Å². The van der Waals surface area contributed by atoms with Gasteiger partial charge in [-0.2, -0.15) is 11.8 Å². The van der Waals surface area contributed by atoms with Crippen molar-refractivity contribution in [2.24, 2.45) is 38.7 Å². The van der Waals surface area contributed by atoms with Crippen LogP contribution in [0.4, 0.5) is 0 Å². The summed E-state index contributed by atoms with van der Waals surface area (Å²) in [6.45, 7) is 0.687. The zero-order valence-electron chi connectivity index (χ0n) is 52.0. The molecule has 10 amide bonds. The molecule has 33 heteroatoms. The summed E-state index contributed by atoms with van der Waals surface area (Å²) in [4.78, 5) is 169. The maximum atomic E-state index is 14.9. The number of nitrogens with two attached hydrogens (primary N) is 5. The summed E-state index contributed by atoms with van der Waals surface area (Å²) in [6, 6.07) is 10.00. The predicted octanol–water partition coefficient (Wildman–Crippen LogP) is -2.91. The average molecular weight is 1320 g/mol. The topological polar surface area (TPSA) is 536 Å². The molecule has 23 N–H and O–H groups in total. The minimum Gasteiger partial charge on any atom is -0.508 e. The highest BCUT2D eigenvalue weighted by molar-refractivity contribution is 7.98. The smallest absolute Gasteiger partial charge is 0.303 e. The normalized spacial score (nSPS) is 13.5. The summed E-state index contributed by atoms with van der Waals surface area (Å²) in [5.41, 5.74) is 30.3. The number of carbonyl (C=O) groups is 11. The molecule has 0 bridgehead atoms. The number of nitrogens with one attached hydrogen (secondary N) is 11. The van der Waals surface area contributed by atoms with E-state index < -0.39 is 133 Å². The van der Waals surface area contributed by atoms with Gasteiger partial charge >= 0.3 is 5.97 Å². The van der Waals surface area contributed by atoms with Gasteiger partial charge in [0.1, 0.15) is 54.1 Å². The van der Waals surface area contributed by atoms with Crippen molar-refractivity contribution in [2.75, 3.05) is 31.6 Å². The minimum atomic E-state index is -1.69. The number of carboxylic acids is 1. The Bertz CT molecular complexity index is 3430. The van der Waals surface area contributed by atoms with Crippen LogP contribution in [0.5, 0.6) is 5.75 Å². The molecule has 0 spiro atoms. The van der Waals surface area contributed by atoms with Crippen molar-refractivity contribution in [2.45, 2.75) is 126 Å². The molecule has 2 heterocycles. The first-order valence-electron chi connectivity index (χ1n) is 30.0. The summed E-state index contributed by atoms with van der Waals surface area (Å²) in [6.07, 6.45) is 4.21. The number of aliphatic imine (C=N–C) groups is 2. The van der Waals surface area contributed by atoms with Crippen LogP contribution in [0.15, 0.2) is 108 Å². The third-order valence-corrected chi connectivity index (χ3v) is 15.1. The minimum absolute atomic E-state index is 0.00990. The van der Waals surface area contributed by atoms with Gasteiger partial charge in [0.25, 0.3) is 0 Å². The standard InChI is InChI=1S/C61H83N19O13S/c1-34(81)73-46(27-36-16-18-39(82)19-17-36)57(91)74-42(14-8-23-68-60(63)64)53(87)77-45(22-25-94-2)56(90)76-44(20-21-51(84)85)55(89)80-49(29-38-31-67-33-72-38)59(93)78-47(26-35-10-4-3-5-11-35)58(92)75-43(15-9-24-69-61(65)66)54(88)79-48(52(86)71-32-50(62)83)28-37-30-70-41-13-7-6-12-40(37)41/h3-7,10-13,16-19,30-31,33,42-49,70,82H,8-9,14-15,20-29,32H2,1-2H3,(H2,62,83)(H,67,72)(H,71,86)(H,73,81)(H,74,91)(H,75,92)(H,76,90)(H,77,87)(H,78,93)(H,79,88)(H,80,89)(H,84,85)(H4,63,64,68)(H4,65,66,69)/t42-,43-,44-,45-,46-,47+,48-,49-/m0/s1. The number of guanidine groups is 2. The number of hydrogen-bond acceptors (Lipinski definition) is 16. The van der Waals surface area contributed by atoms with Gasteiger partial charge in [-0.05, 0) is 85.4 Å². The SMILES string of the molecule is CSCC[C@H](NC(=O)[C@H](CCCN=C(N)N)NC(=O)[C@H](Cc1ccc(O)cc1)NC(C)=O)C(=O)N[C@@H](CCC(=O)O)C(=O)N[C@@H](Cc1cnc[nH]1)C(=O)N[C@H](Cc1ccccc1)C(=O)N[C@@H](CCCN=C(N)N)C(=O)N[C@@H](Cc1c[nH]c2ccccc12)C(=O)NCC(N)=O. The van der Waals surface area contributed by atoms with Crippen LogP contribution in [-0.4, -0.2) is 182 Å². The van der Waals surface area contributed by atoms with E-state index in [4.69, 9.17) is 28.7 Å². The van der Waals surface area contributed by atoms with Crippen LogP contribution in [0.3, 0.4) is 0 Å². The first kappa shape index (κ1) is 74.0. The zero-order chi connectivity index (χ0) is 68.7. The second-order valence-corrected chi connectivity index (χ2v) is 22.9. The number of aliphatic carboxylic acids is 1. The van der Waals surface area contributed by atoms with Crippen LogP contribution < -0.4 is 76.5 Å². The number of rotatable bonds is 40. The van der Waals surface area contributed by atoms with Crippen molar-refractivity contribution < 1.29 is 63.0 Å². The number of carboxylic acid groups (broad SMARTS) is 1. The highest BCUT2D eigenvalue weighted by atomic mass is 32.2. The van der Waals surface area contributed by atoms with Gasteiger partial charge in [-0.1, -0.05) is 60.7 Å². The van der Waals surface area contributed by atoms with Gasteiger partial charge < -0.3 is 96.7 Å². The first-order chi connectivity index (χ1) is 44.9. The number of nitrogens with zero attached hydrogens (tertiary/aromatic N) is 3. The number of thioether (sulfide) groups is 1. The molecule has 0 saturated carbocycles. The molecule has 0 fully saturated rings. The molecule has 506 valence electrons. The fourth-order valence-electron chi connectivity index (χ4n) is 9.73. The van der Waals surface area contributed by atoms with Crippen LogP contribution in [-0.2, 0) is 78.4 Å². The first-order valence-corrected chi connectivity index (χ1v) is 31.4. The number of benzene rings is 3. The average Bonchev–Trinajstić information content (AvgIpc) is 1.62. The maximum absolute atomic E-state index is 14.9. The molecule has 5 rings (SSSR count). The quantitative estimate of drug-likeness (QED) is 0.0106. The number of primary amides is 1. The number of aromatic nitrogens is 3. The van der Waals surface area contributed by atoms with Gasteiger partial charge in [0.2, 0.25) is 59.1 Å². The second-order valence-electron chi connectivity index (χ2n) is 21.9. The van der Waals surface area contributed by atoms with Crippen LogP contribution in [0.25, 0.3) is 10.9 Å². The van der Waals surface area contributed by atoms with Gasteiger partial charge in [-0.15, -0.1) is 0 Å². The van der Waals surface area contributed by atoms with Crippen molar-refractivity contribution in [3.8, 4) is 5.75 Å².